The maximum absolute atomic E-state index is 9.96. The van der Waals surface area contributed by atoms with Crippen molar-refractivity contribution in [3.05, 3.63) is 35.4 Å². The standard InChI is InChI=1S/C15H22N2O3/c1-19-9-10-20-8-2-7-17-12-15(18)14-5-3-13(11-16)4-6-14/h3-6,15,17-18H,2,7-10,12H2,1H3. The lowest BCUT2D eigenvalue weighted by atomic mass is 10.1. The van der Waals surface area contributed by atoms with Gasteiger partial charge in [-0.3, -0.25) is 0 Å². The maximum atomic E-state index is 9.96. The Morgan fingerprint density at radius 3 is 2.65 bits per heavy atom. The fourth-order valence-electron chi connectivity index (χ4n) is 1.68. The Balaban J connectivity index is 2.10. The second-order valence-electron chi connectivity index (χ2n) is 4.41. The van der Waals surface area contributed by atoms with Gasteiger partial charge in [-0.2, -0.15) is 5.26 Å². The van der Waals surface area contributed by atoms with E-state index in [2.05, 4.69) is 11.4 Å². The Labute approximate surface area is 120 Å². The van der Waals surface area contributed by atoms with Crippen LogP contribution < -0.4 is 5.32 Å². The second kappa shape index (κ2) is 10.4. The first kappa shape index (κ1) is 16.6. The first-order valence-corrected chi connectivity index (χ1v) is 6.73. The van der Waals surface area contributed by atoms with Crippen LogP contribution in [0.15, 0.2) is 24.3 Å². The molecule has 0 heterocycles. The van der Waals surface area contributed by atoms with Gasteiger partial charge in [-0.1, -0.05) is 12.1 Å². The van der Waals surface area contributed by atoms with Crippen molar-refractivity contribution in [1.29, 1.82) is 5.26 Å². The van der Waals surface area contributed by atoms with E-state index in [0.717, 1.165) is 18.5 Å². The number of hydrogen-bond acceptors (Lipinski definition) is 5. The van der Waals surface area contributed by atoms with Crippen molar-refractivity contribution in [3.63, 3.8) is 0 Å². The van der Waals surface area contributed by atoms with Crippen molar-refractivity contribution in [3.8, 4) is 6.07 Å². The molecule has 0 saturated heterocycles. The molecule has 1 rings (SSSR count). The number of ether oxygens (including phenoxy) is 2. The average Bonchev–Trinajstić information content (AvgIpc) is 2.50. The third-order valence-electron chi connectivity index (χ3n) is 2.84. The zero-order valence-corrected chi connectivity index (χ0v) is 11.8. The predicted octanol–water partition coefficient (Wildman–Crippen LogP) is 1.23. The number of aliphatic hydroxyl groups excluding tert-OH is 1. The SMILES string of the molecule is COCCOCCCNCC(O)c1ccc(C#N)cc1. The third-order valence-corrected chi connectivity index (χ3v) is 2.84. The van der Waals surface area contributed by atoms with E-state index in [-0.39, 0.29) is 0 Å². The van der Waals surface area contributed by atoms with Gasteiger partial charge in [0.2, 0.25) is 0 Å². The molecule has 5 heteroatoms. The Hall–Kier alpha value is -1.45. The van der Waals surface area contributed by atoms with Crippen LogP contribution in [0.2, 0.25) is 0 Å². The van der Waals surface area contributed by atoms with Crippen LogP contribution >= 0.6 is 0 Å². The van der Waals surface area contributed by atoms with Crippen molar-refractivity contribution in [2.75, 3.05) is 40.0 Å². The fraction of sp³-hybridized carbons (Fsp3) is 0.533. The molecule has 20 heavy (non-hydrogen) atoms. The molecule has 0 saturated carbocycles. The Kier molecular flexibility index (Phi) is 8.59. The molecule has 1 atom stereocenters. The molecule has 2 N–H and O–H groups in total. The summed E-state index contributed by atoms with van der Waals surface area (Å²) in [5, 5.41) is 21.8. The number of methoxy groups -OCH3 is 1. The van der Waals surface area contributed by atoms with Gasteiger partial charge in [0, 0.05) is 20.3 Å². The zero-order chi connectivity index (χ0) is 14.6. The van der Waals surface area contributed by atoms with Crippen molar-refractivity contribution >= 4 is 0 Å². The van der Waals surface area contributed by atoms with Crippen molar-refractivity contribution in [2.24, 2.45) is 0 Å². The predicted molar refractivity (Wildman–Crippen MR) is 76.3 cm³/mol. The van der Waals surface area contributed by atoms with E-state index in [1.165, 1.54) is 0 Å². The van der Waals surface area contributed by atoms with Crippen molar-refractivity contribution in [1.82, 2.24) is 5.32 Å². The highest BCUT2D eigenvalue weighted by atomic mass is 16.5. The molecule has 0 aliphatic rings. The molecule has 0 bridgehead atoms. The van der Waals surface area contributed by atoms with Gasteiger partial charge in [0.25, 0.3) is 0 Å². The van der Waals surface area contributed by atoms with E-state index in [0.29, 0.717) is 31.9 Å². The number of aliphatic hydroxyl groups is 1. The fourth-order valence-corrected chi connectivity index (χ4v) is 1.68. The van der Waals surface area contributed by atoms with Crippen molar-refractivity contribution < 1.29 is 14.6 Å². The number of benzene rings is 1. The summed E-state index contributed by atoms with van der Waals surface area (Å²) in [5.41, 5.74) is 1.41. The molecule has 1 aromatic carbocycles. The van der Waals surface area contributed by atoms with Gasteiger partial charge < -0.3 is 19.9 Å². The first-order chi connectivity index (χ1) is 9.77. The van der Waals surface area contributed by atoms with E-state index >= 15 is 0 Å². The summed E-state index contributed by atoms with van der Waals surface area (Å²) in [6, 6.07) is 9.03. The van der Waals surface area contributed by atoms with Crippen molar-refractivity contribution in [2.45, 2.75) is 12.5 Å². The van der Waals surface area contributed by atoms with E-state index in [1.54, 1.807) is 31.4 Å². The molecule has 110 valence electrons. The Bertz CT molecular complexity index is 401. The molecule has 1 aromatic rings. The van der Waals surface area contributed by atoms with E-state index in [1.807, 2.05) is 0 Å². The summed E-state index contributed by atoms with van der Waals surface area (Å²) in [4.78, 5) is 0. The highest BCUT2D eigenvalue weighted by Gasteiger charge is 2.06. The molecule has 0 amide bonds. The molecular formula is C15H22N2O3. The van der Waals surface area contributed by atoms with Crippen LogP contribution in [0.1, 0.15) is 23.7 Å². The van der Waals surface area contributed by atoms with E-state index in [9.17, 15) is 5.11 Å². The molecule has 0 radical (unpaired) electrons. The topological polar surface area (TPSA) is 74.5 Å². The smallest absolute Gasteiger partial charge is 0.0991 e. The van der Waals surface area contributed by atoms with Crippen LogP contribution in [0.4, 0.5) is 0 Å². The lowest BCUT2D eigenvalue weighted by molar-refractivity contribution is 0.0690. The second-order valence-corrected chi connectivity index (χ2v) is 4.41. The van der Waals surface area contributed by atoms with Crippen LogP contribution in [0.25, 0.3) is 0 Å². The normalized spacial score (nSPS) is 12.1. The number of nitrogens with zero attached hydrogens (tertiary/aromatic N) is 1. The summed E-state index contributed by atoms with van der Waals surface area (Å²) in [6.45, 7) is 3.20. The lowest BCUT2D eigenvalue weighted by Gasteiger charge is -2.12. The zero-order valence-electron chi connectivity index (χ0n) is 11.8. The van der Waals surface area contributed by atoms with E-state index < -0.39 is 6.10 Å². The molecule has 1 unspecified atom stereocenters. The van der Waals surface area contributed by atoms with Gasteiger partial charge in [0.05, 0.1) is 31.0 Å². The Morgan fingerprint density at radius 2 is 2.00 bits per heavy atom. The molecule has 5 nitrogen and oxygen atoms in total. The highest BCUT2D eigenvalue weighted by molar-refractivity contribution is 5.32. The van der Waals surface area contributed by atoms with Gasteiger partial charge >= 0.3 is 0 Å². The molecule has 0 aromatic heterocycles. The summed E-state index contributed by atoms with van der Waals surface area (Å²) in [7, 11) is 1.65. The van der Waals surface area contributed by atoms with Gasteiger partial charge in [-0.25, -0.2) is 0 Å². The van der Waals surface area contributed by atoms with E-state index in [4.69, 9.17) is 14.7 Å². The summed E-state index contributed by atoms with van der Waals surface area (Å²) < 4.78 is 10.2. The van der Waals surface area contributed by atoms with Gasteiger partial charge in [-0.05, 0) is 30.7 Å². The monoisotopic (exact) mass is 278 g/mol. The number of hydrogen-bond donors (Lipinski definition) is 2. The first-order valence-electron chi connectivity index (χ1n) is 6.73. The minimum atomic E-state index is -0.558. The third kappa shape index (κ3) is 6.64. The molecular weight excluding hydrogens is 256 g/mol. The maximum Gasteiger partial charge on any atom is 0.0991 e. The summed E-state index contributed by atoms with van der Waals surface area (Å²) >= 11 is 0. The highest BCUT2D eigenvalue weighted by Crippen LogP contribution is 2.12. The molecule has 0 spiro atoms. The molecule has 0 fully saturated rings. The average molecular weight is 278 g/mol. The Morgan fingerprint density at radius 1 is 1.25 bits per heavy atom. The van der Waals surface area contributed by atoms with Crippen LogP contribution in [0.3, 0.4) is 0 Å². The van der Waals surface area contributed by atoms with Crippen LogP contribution in [0.5, 0.6) is 0 Å². The van der Waals surface area contributed by atoms with Crippen LogP contribution in [0, 0.1) is 11.3 Å². The van der Waals surface area contributed by atoms with Crippen LogP contribution in [-0.2, 0) is 9.47 Å². The minimum Gasteiger partial charge on any atom is -0.387 e. The van der Waals surface area contributed by atoms with Gasteiger partial charge in [0.15, 0.2) is 0 Å². The number of nitrogens with one attached hydrogen (secondary N) is 1. The summed E-state index contributed by atoms with van der Waals surface area (Å²) in [5.74, 6) is 0. The quantitative estimate of drug-likeness (QED) is 0.630. The summed E-state index contributed by atoms with van der Waals surface area (Å²) in [6.07, 6.45) is 0.334. The lowest BCUT2D eigenvalue weighted by Crippen LogP contribution is -2.23. The molecule has 0 aliphatic carbocycles. The van der Waals surface area contributed by atoms with Gasteiger partial charge in [0.1, 0.15) is 0 Å². The van der Waals surface area contributed by atoms with Gasteiger partial charge in [-0.15, -0.1) is 0 Å². The largest absolute Gasteiger partial charge is 0.387 e. The number of nitriles is 1. The van der Waals surface area contributed by atoms with Crippen LogP contribution in [-0.4, -0.2) is 45.1 Å². The number of rotatable bonds is 10. The molecule has 0 aliphatic heterocycles. The minimum absolute atomic E-state index is 0.490.